The van der Waals surface area contributed by atoms with Crippen LogP contribution in [0.15, 0.2) is 35.4 Å². The normalized spacial score (nSPS) is 21.4. The molecule has 1 heterocycles. The van der Waals surface area contributed by atoms with Gasteiger partial charge < -0.3 is 0 Å². The Morgan fingerprint density at radius 3 is 2.94 bits per heavy atom. The molecule has 0 radical (unpaired) electrons. The summed E-state index contributed by atoms with van der Waals surface area (Å²) in [5, 5.41) is 3.81. The highest BCUT2D eigenvalue weighted by Crippen LogP contribution is 2.15. The molecule has 1 aromatic carbocycles. The van der Waals surface area contributed by atoms with Gasteiger partial charge >= 0.3 is 0 Å². The SMILES string of the molecule is [N-]=[N+]=N[C@H]1CCCN(Cc2ccccc2)C1. The molecule has 0 aromatic heterocycles. The zero-order chi connectivity index (χ0) is 11.2. The Hall–Kier alpha value is -1.51. The molecule has 0 saturated carbocycles. The van der Waals surface area contributed by atoms with Crippen LogP contribution in [0.4, 0.5) is 0 Å². The third-order valence-electron chi connectivity index (χ3n) is 2.94. The number of hydrogen-bond acceptors (Lipinski definition) is 2. The molecule has 0 aliphatic carbocycles. The van der Waals surface area contributed by atoms with Crippen LogP contribution in [0.1, 0.15) is 18.4 Å². The highest BCUT2D eigenvalue weighted by Gasteiger charge is 2.18. The fourth-order valence-corrected chi connectivity index (χ4v) is 2.18. The topological polar surface area (TPSA) is 52.0 Å². The number of hydrogen-bond donors (Lipinski definition) is 0. The molecule has 0 amide bonds. The van der Waals surface area contributed by atoms with E-state index in [0.717, 1.165) is 32.5 Å². The van der Waals surface area contributed by atoms with Crippen molar-refractivity contribution in [3.05, 3.63) is 46.3 Å². The van der Waals surface area contributed by atoms with Crippen molar-refractivity contribution in [2.24, 2.45) is 5.11 Å². The minimum absolute atomic E-state index is 0.155. The first-order valence-corrected chi connectivity index (χ1v) is 5.69. The van der Waals surface area contributed by atoms with Gasteiger partial charge in [-0.25, -0.2) is 0 Å². The lowest BCUT2D eigenvalue weighted by atomic mass is 10.1. The molecule has 4 nitrogen and oxygen atoms in total. The van der Waals surface area contributed by atoms with Gasteiger partial charge in [0.05, 0.1) is 6.04 Å². The molecule has 1 saturated heterocycles. The highest BCUT2D eigenvalue weighted by atomic mass is 15.2. The smallest absolute Gasteiger partial charge is 0.0501 e. The average Bonchev–Trinajstić information content (AvgIpc) is 2.31. The molecule has 2 rings (SSSR count). The Balaban J connectivity index is 1.93. The molecular formula is C12H16N4. The van der Waals surface area contributed by atoms with Crippen molar-refractivity contribution in [1.29, 1.82) is 0 Å². The van der Waals surface area contributed by atoms with E-state index >= 15 is 0 Å². The summed E-state index contributed by atoms with van der Waals surface area (Å²) in [5.41, 5.74) is 9.76. The third kappa shape index (κ3) is 2.99. The Bertz CT molecular complexity index is 370. The minimum Gasteiger partial charge on any atom is -0.299 e. The van der Waals surface area contributed by atoms with E-state index < -0.39 is 0 Å². The van der Waals surface area contributed by atoms with Crippen molar-refractivity contribution in [3.63, 3.8) is 0 Å². The Kier molecular flexibility index (Phi) is 3.81. The van der Waals surface area contributed by atoms with E-state index in [-0.39, 0.29) is 6.04 Å². The van der Waals surface area contributed by atoms with E-state index in [0.29, 0.717) is 0 Å². The van der Waals surface area contributed by atoms with Gasteiger partial charge in [-0.3, -0.25) is 4.90 Å². The zero-order valence-corrected chi connectivity index (χ0v) is 9.29. The van der Waals surface area contributed by atoms with Crippen molar-refractivity contribution in [2.45, 2.75) is 25.4 Å². The van der Waals surface area contributed by atoms with Crippen molar-refractivity contribution in [3.8, 4) is 0 Å². The van der Waals surface area contributed by atoms with Crippen LogP contribution in [0, 0.1) is 0 Å². The van der Waals surface area contributed by atoms with Crippen LogP contribution >= 0.6 is 0 Å². The molecule has 1 aliphatic rings. The van der Waals surface area contributed by atoms with E-state index in [1.165, 1.54) is 5.56 Å². The van der Waals surface area contributed by atoms with Gasteiger partial charge in [-0.05, 0) is 30.5 Å². The highest BCUT2D eigenvalue weighted by molar-refractivity contribution is 5.14. The van der Waals surface area contributed by atoms with E-state index in [9.17, 15) is 0 Å². The predicted molar refractivity (Wildman–Crippen MR) is 63.9 cm³/mol. The predicted octanol–water partition coefficient (Wildman–Crippen LogP) is 2.96. The lowest BCUT2D eigenvalue weighted by Crippen LogP contribution is -2.36. The molecule has 1 atom stereocenters. The summed E-state index contributed by atoms with van der Waals surface area (Å²) in [7, 11) is 0. The Labute approximate surface area is 95.5 Å². The van der Waals surface area contributed by atoms with Crippen LogP contribution in [-0.4, -0.2) is 24.0 Å². The average molecular weight is 216 g/mol. The second-order valence-electron chi connectivity index (χ2n) is 4.22. The third-order valence-corrected chi connectivity index (χ3v) is 2.94. The maximum absolute atomic E-state index is 8.43. The molecule has 0 spiro atoms. The van der Waals surface area contributed by atoms with Gasteiger partial charge in [-0.2, -0.15) is 0 Å². The van der Waals surface area contributed by atoms with E-state index in [1.54, 1.807) is 0 Å². The second kappa shape index (κ2) is 5.54. The summed E-state index contributed by atoms with van der Waals surface area (Å²) in [4.78, 5) is 5.26. The van der Waals surface area contributed by atoms with Crippen LogP contribution in [0.3, 0.4) is 0 Å². The molecule has 1 aliphatic heterocycles. The standard InChI is InChI=1S/C12H16N4/c13-15-14-12-7-4-8-16(10-12)9-11-5-2-1-3-6-11/h1-3,5-6,12H,4,7-10H2/t12-/m0/s1. The molecule has 0 N–H and O–H groups in total. The van der Waals surface area contributed by atoms with Crippen LogP contribution in [0.5, 0.6) is 0 Å². The van der Waals surface area contributed by atoms with Gasteiger partial charge in [0.15, 0.2) is 0 Å². The largest absolute Gasteiger partial charge is 0.299 e. The molecule has 1 aromatic rings. The van der Waals surface area contributed by atoms with Gasteiger partial charge in [0, 0.05) is 18.0 Å². The van der Waals surface area contributed by atoms with Crippen LogP contribution in [-0.2, 0) is 6.54 Å². The maximum atomic E-state index is 8.43. The van der Waals surface area contributed by atoms with Gasteiger partial charge in [0.2, 0.25) is 0 Å². The summed E-state index contributed by atoms with van der Waals surface area (Å²) in [6.07, 6.45) is 2.14. The zero-order valence-electron chi connectivity index (χ0n) is 9.29. The summed E-state index contributed by atoms with van der Waals surface area (Å²) < 4.78 is 0. The van der Waals surface area contributed by atoms with Crippen LogP contribution < -0.4 is 0 Å². The van der Waals surface area contributed by atoms with Crippen LogP contribution in [0.25, 0.3) is 10.4 Å². The quantitative estimate of drug-likeness (QED) is 0.435. The Morgan fingerprint density at radius 1 is 1.38 bits per heavy atom. The first kappa shape index (κ1) is 11.0. The summed E-state index contributed by atoms with van der Waals surface area (Å²) in [6.45, 7) is 2.95. The minimum atomic E-state index is 0.155. The van der Waals surface area contributed by atoms with Gasteiger partial charge in [-0.15, -0.1) is 0 Å². The summed E-state index contributed by atoms with van der Waals surface area (Å²) in [6, 6.07) is 10.6. The fraction of sp³-hybridized carbons (Fsp3) is 0.500. The number of benzene rings is 1. The van der Waals surface area contributed by atoms with Crippen molar-refractivity contribution < 1.29 is 0 Å². The van der Waals surface area contributed by atoms with Gasteiger partial charge in [0.1, 0.15) is 0 Å². The monoisotopic (exact) mass is 216 g/mol. The van der Waals surface area contributed by atoms with Crippen molar-refractivity contribution in [2.75, 3.05) is 13.1 Å². The molecule has 4 heteroatoms. The number of rotatable bonds is 3. The van der Waals surface area contributed by atoms with Gasteiger partial charge in [0.25, 0.3) is 0 Å². The first-order chi connectivity index (χ1) is 7.88. The second-order valence-corrected chi connectivity index (χ2v) is 4.22. The van der Waals surface area contributed by atoms with E-state index in [4.69, 9.17) is 5.53 Å². The molecule has 1 fully saturated rings. The van der Waals surface area contributed by atoms with E-state index in [2.05, 4.69) is 39.2 Å². The Morgan fingerprint density at radius 2 is 2.19 bits per heavy atom. The number of azide groups is 1. The molecular weight excluding hydrogens is 200 g/mol. The summed E-state index contributed by atoms with van der Waals surface area (Å²) >= 11 is 0. The maximum Gasteiger partial charge on any atom is 0.0501 e. The van der Waals surface area contributed by atoms with E-state index in [1.807, 2.05) is 6.07 Å². The number of likely N-dealkylation sites (tertiary alicyclic amines) is 1. The molecule has 84 valence electrons. The molecule has 0 bridgehead atoms. The molecule has 0 unspecified atom stereocenters. The number of nitrogens with zero attached hydrogens (tertiary/aromatic N) is 4. The van der Waals surface area contributed by atoms with Crippen LogP contribution in [0.2, 0.25) is 0 Å². The fourth-order valence-electron chi connectivity index (χ4n) is 2.18. The van der Waals surface area contributed by atoms with Gasteiger partial charge in [-0.1, -0.05) is 35.4 Å². The lowest BCUT2D eigenvalue weighted by Gasteiger charge is -2.30. The lowest BCUT2D eigenvalue weighted by molar-refractivity contribution is 0.201. The summed E-state index contributed by atoms with van der Waals surface area (Å²) in [5.74, 6) is 0. The number of piperidine rings is 1. The van der Waals surface area contributed by atoms with Crippen molar-refractivity contribution >= 4 is 0 Å². The molecule has 16 heavy (non-hydrogen) atoms. The van der Waals surface area contributed by atoms with Crippen molar-refractivity contribution in [1.82, 2.24) is 4.90 Å². The first-order valence-electron chi connectivity index (χ1n) is 5.69.